The van der Waals surface area contributed by atoms with Crippen LogP contribution in [0.1, 0.15) is 28.8 Å². The topological polar surface area (TPSA) is 82.5 Å². The quantitative estimate of drug-likeness (QED) is 0.475. The van der Waals surface area contributed by atoms with Crippen molar-refractivity contribution in [2.75, 3.05) is 16.8 Å². The summed E-state index contributed by atoms with van der Waals surface area (Å²) in [6.45, 7) is 0.472. The van der Waals surface area contributed by atoms with E-state index in [2.05, 4.69) is 10.3 Å². The van der Waals surface area contributed by atoms with Crippen LogP contribution in [0.3, 0.4) is 0 Å². The fourth-order valence-electron chi connectivity index (χ4n) is 3.57. The van der Waals surface area contributed by atoms with Crippen molar-refractivity contribution in [3.8, 4) is 0 Å². The predicted molar refractivity (Wildman–Crippen MR) is 119 cm³/mol. The van der Waals surface area contributed by atoms with Crippen LogP contribution in [0, 0.1) is 0 Å². The molecule has 6 nitrogen and oxygen atoms in total. The Labute approximate surface area is 195 Å². The number of carbonyl (C=O) groups is 2. The number of anilines is 2. The molecule has 3 aromatic rings. The van der Waals surface area contributed by atoms with E-state index in [-0.39, 0.29) is 27.8 Å². The number of hydrogen-bond donors (Lipinski definition) is 2. The molecular formula is C20H16Cl2F3N3O3S. The molecule has 32 heavy (non-hydrogen) atoms. The average Bonchev–Trinajstić information content (AvgIpc) is 3.33. The highest BCUT2D eigenvalue weighted by Crippen LogP contribution is 2.35. The van der Waals surface area contributed by atoms with Crippen LogP contribution in [0.2, 0.25) is 5.02 Å². The van der Waals surface area contributed by atoms with Gasteiger partial charge in [0.05, 0.1) is 27.0 Å². The minimum absolute atomic E-state index is 0. The van der Waals surface area contributed by atoms with Gasteiger partial charge in [0, 0.05) is 11.6 Å². The van der Waals surface area contributed by atoms with Crippen LogP contribution in [0.5, 0.6) is 0 Å². The SMILES string of the molecule is Cl.O=C(Nc1nc2ccc(C(F)(F)F)cc2s1)c1cc(Cl)ccc1N1CCC[C@H]1C(=O)O. The monoisotopic (exact) mass is 505 g/mol. The van der Waals surface area contributed by atoms with Crippen LogP contribution in [0.4, 0.5) is 24.0 Å². The molecule has 0 radical (unpaired) electrons. The average molecular weight is 506 g/mol. The maximum absolute atomic E-state index is 13.0. The van der Waals surface area contributed by atoms with Crippen LogP contribution in [-0.4, -0.2) is 34.6 Å². The van der Waals surface area contributed by atoms with Crippen molar-refractivity contribution >= 4 is 68.3 Å². The molecular weight excluding hydrogens is 490 g/mol. The fourth-order valence-corrected chi connectivity index (χ4v) is 4.64. The highest BCUT2D eigenvalue weighted by molar-refractivity contribution is 7.22. The zero-order valence-electron chi connectivity index (χ0n) is 16.1. The highest BCUT2D eigenvalue weighted by Gasteiger charge is 2.33. The van der Waals surface area contributed by atoms with E-state index in [0.717, 1.165) is 23.5 Å². The lowest BCUT2D eigenvalue weighted by Crippen LogP contribution is -2.37. The van der Waals surface area contributed by atoms with Crippen molar-refractivity contribution in [1.82, 2.24) is 4.98 Å². The number of benzene rings is 2. The summed E-state index contributed by atoms with van der Waals surface area (Å²) in [4.78, 5) is 30.3. The smallest absolute Gasteiger partial charge is 0.416 e. The lowest BCUT2D eigenvalue weighted by Gasteiger charge is -2.26. The number of alkyl halides is 3. The van der Waals surface area contributed by atoms with Crippen molar-refractivity contribution < 1.29 is 27.9 Å². The van der Waals surface area contributed by atoms with Gasteiger partial charge in [-0.25, -0.2) is 9.78 Å². The Morgan fingerprint density at radius 3 is 2.66 bits per heavy atom. The maximum Gasteiger partial charge on any atom is 0.416 e. The number of halogens is 5. The zero-order chi connectivity index (χ0) is 22.3. The normalized spacial score (nSPS) is 16.1. The first-order chi connectivity index (χ1) is 14.6. The third kappa shape index (κ3) is 4.77. The Morgan fingerprint density at radius 2 is 1.97 bits per heavy atom. The van der Waals surface area contributed by atoms with Gasteiger partial charge in [0.15, 0.2) is 5.13 Å². The molecule has 1 aliphatic rings. The first-order valence-corrected chi connectivity index (χ1v) is 10.4. The number of thiazole rings is 1. The van der Waals surface area contributed by atoms with Gasteiger partial charge < -0.3 is 10.0 Å². The molecule has 0 aliphatic carbocycles. The fraction of sp³-hybridized carbons (Fsp3) is 0.250. The van der Waals surface area contributed by atoms with Crippen molar-refractivity contribution in [2.24, 2.45) is 0 Å². The van der Waals surface area contributed by atoms with Gasteiger partial charge in [0.1, 0.15) is 6.04 Å². The summed E-state index contributed by atoms with van der Waals surface area (Å²) in [5, 5.41) is 12.5. The molecule has 2 aromatic carbocycles. The van der Waals surface area contributed by atoms with E-state index in [4.69, 9.17) is 11.6 Å². The summed E-state index contributed by atoms with van der Waals surface area (Å²) in [7, 11) is 0. The molecule has 1 aromatic heterocycles. The van der Waals surface area contributed by atoms with Crippen LogP contribution in [0.25, 0.3) is 10.2 Å². The minimum Gasteiger partial charge on any atom is -0.480 e. The molecule has 1 aliphatic heterocycles. The number of hydrogen-bond acceptors (Lipinski definition) is 5. The molecule has 0 spiro atoms. The summed E-state index contributed by atoms with van der Waals surface area (Å²) in [6, 6.07) is 7.00. The molecule has 1 fully saturated rings. The summed E-state index contributed by atoms with van der Waals surface area (Å²) in [5.74, 6) is -1.56. The van der Waals surface area contributed by atoms with Crippen molar-refractivity contribution in [3.05, 3.63) is 52.5 Å². The number of rotatable bonds is 4. The van der Waals surface area contributed by atoms with E-state index in [0.29, 0.717) is 35.6 Å². The minimum atomic E-state index is -4.48. The number of nitrogens with one attached hydrogen (secondary N) is 1. The Morgan fingerprint density at radius 1 is 1.22 bits per heavy atom. The summed E-state index contributed by atoms with van der Waals surface area (Å²) >= 11 is 6.97. The number of amides is 1. The highest BCUT2D eigenvalue weighted by atomic mass is 35.5. The zero-order valence-corrected chi connectivity index (χ0v) is 18.5. The molecule has 1 atom stereocenters. The van der Waals surface area contributed by atoms with Gasteiger partial charge in [-0.1, -0.05) is 22.9 Å². The molecule has 2 heterocycles. The number of fused-ring (bicyclic) bond motifs is 1. The van der Waals surface area contributed by atoms with Gasteiger partial charge in [-0.3, -0.25) is 10.1 Å². The number of carboxylic acids is 1. The molecule has 170 valence electrons. The Balaban J connectivity index is 0.00000289. The molecule has 0 unspecified atom stereocenters. The van der Waals surface area contributed by atoms with Crippen molar-refractivity contribution in [3.63, 3.8) is 0 Å². The summed E-state index contributed by atoms with van der Waals surface area (Å²) in [5.41, 5.74) is 0.112. The second kappa shape index (κ2) is 9.13. The van der Waals surface area contributed by atoms with E-state index in [1.54, 1.807) is 17.0 Å². The van der Waals surface area contributed by atoms with E-state index in [1.807, 2.05) is 0 Å². The Hall–Kier alpha value is -2.56. The molecule has 0 saturated carbocycles. The van der Waals surface area contributed by atoms with E-state index >= 15 is 0 Å². The largest absolute Gasteiger partial charge is 0.480 e. The van der Waals surface area contributed by atoms with E-state index in [1.165, 1.54) is 12.1 Å². The molecule has 0 bridgehead atoms. The van der Waals surface area contributed by atoms with E-state index < -0.39 is 29.7 Å². The van der Waals surface area contributed by atoms with Crippen LogP contribution >= 0.6 is 35.3 Å². The van der Waals surface area contributed by atoms with Crippen molar-refractivity contribution in [1.29, 1.82) is 0 Å². The maximum atomic E-state index is 13.0. The Kier molecular flexibility index (Phi) is 6.87. The standard InChI is InChI=1S/C20H15ClF3N3O3S.ClH/c21-11-4-6-14(27-7-1-2-15(27)18(29)30)12(9-11)17(28)26-19-25-13-5-3-10(20(22,23)24)8-16(13)31-19;/h3-6,8-9,15H,1-2,7H2,(H,29,30)(H,25,26,28);1H/t15-;/m0./s1. The summed E-state index contributed by atoms with van der Waals surface area (Å²) < 4.78 is 39.1. The third-order valence-corrected chi connectivity index (χ3v) is 6.16. The second-order valence-electron chi connectivity index (χ2n) is 7.00. The molecule has 12 heteroatoms. The number of aromatic nitrogens is 1. The molecule has 1 saturated heterocycles. The molecule has 2 N–H and O–H groups in total. The van der Waals surface area contributed by atoms with Crippen molar-refractivity contribution in [2.45, 2.75) is 25.1 Å². The van der Waals surface area contributed by atoms with Gasteiger partial charge in [-0.05, 0) is 49.2 Å². The third-order valence-electron chi connectivity index (χ3n) is 4.99. The van der Waals surface area contributed by atoms with Gasteiger partial charge in [0.25, 0.3) is 5.91 Å². The number of nitrogens with zero attached hydrogens (tertiary/aromatic N) is 2. The first-order valence-electron chi connectivity index (χ1n) is 9.21. The molecule has 1 amide bonds. The van der Waals surface area contributed by atoms with Crippen LogP contribution in [0.15, 0.2) is 36.4 Å². The number of aliphatic carboxylic acids is 1. The Bertz CT molecular complexity index is 1190. The van der Waals surface area contributed by atoms with Gasteiger partial charge in [-0.2, -0.15) is 13.2 Å². The summed E-state index contributed by atoms with van der Waals surface area (Å²) in [6.07, 6.45) is -3.35. The molecule has 4 rings (SSSR count). The van der Waals surface area contributed by atoms with Gasteiger partial charge >= 0.3 is 12.1 Å². The van der Waals surface area contributed by atoms with Crippen LogP contribution in [-0.2, 0) is 11.0 Å². The lowest BCUT2D eigenvalue weighted by molar-refractivity contribution is -0.138. The predicted octanol–water partition coefficient (Wildman–Crippen LogP) is 5.70. The van der Waals surface area contributed by atoms with Crippen LogP contribution < -0.4 is 10.2 Å². The second-order valence-corrected chi connectivity index (χ2v) is 8.47. The number of carbonyl (C=O) groups excluding carboxylic acids is 1. The van der Waals surface area contributed by atoms with Gasteiger partial charge in [0.2, 0.25) is 0 Å². The number of carboxylic acid groups (broad SMARTS) is 1. The first kappa shape index (κ1) is 24.1. The van der Waals surface area contributed by atoms with Gasteiger partial charge in [-0.15, -0.1) is 12.4 Å². The lowest BCUT2D eigenvalue weighted by atomic mass is 10.1. The van der Waals surface area contributed by atoms with E-state index in [9.17, 15) is 27.9 Å².